The Bertz CT molecular complexity index is 715. The monoisotopic (exact) mass is 441 g/mol. The summed E-state index contributed by atoms with van der Waals surface area (Å²) in [6.07, 6.45) is 1.66. The van der Waals surface area contributed by atoms with Crippen molar-refractivity contribution in [2.45, 2.75) is 0 Å². The molecule has 1 aromatic carbocycles. The van der Waals surface area contributed by atoms with Gasteiger partial charge in [0.05, 0.1) is 0 Å². The van der Waals surface area contributed by atoms with E-state index in [-0.39, 0.29) is 38.3 Å². The number of nitrogens with zero attached hydrogens (tertiary/aromatic N) is 1. The molecule has 1 aromatic heterocycles. The molecule has 1 heterocycles. The van der Waals surface area contributed by atoms with Crippen LogP contribution in [0.15, 0.2) is 46.2 Å². The molecule has 0 aliphatic heterocycles. The second-order valence-corrected chi connectivity index (χ2v) is 5.35. The minimum Gasteiger partial charge on any atom is -0.490 e. The predicted octanol–water partition coefficient (Wildman–Crippen LogP) is 3.83. The Hall–Kier alpha value is -0.416. The number of benzene rings is 1. The van der Waals surface area contributed by atoms with Crippen LogP contribution in [-0.2, 0) is 39.8 Å². The average Bonchev–Trinajstić information content (AvgIpc) is 2.44. The summed E-state index contributed by atoms with van der Waals surface area (Å²) in [6.45, 7) is 4.00. The standard InChI is InChI=1S/C15H12BrClNO2.Y/c1-3-8-20-10-4-5-11(13(17)9-10)14-7-6-12(16)15(19)18(14)2;/h3-6,9H,1,8H2,2H3;/q-1;. The molecule has 0 saturated heterocycles. The third kappa shape index (κ3) is 4.29. The third-order valence-electron chi connectivity index (χ3n) is 2.74. The van der Waals surface area contributed by atoms with Crippen molar-refractivity contribution in [3.8, 4) is 17.0 Å². The van der Waals surface area contributed by atoms with E-state index >= 15 is 0 Å². The van der Waals surface area contributed by atoms with Gasteiger partial charge in [-0.05, 0) is 21.6 Å². The van der Waals surface area contributed by atoms with Gasteiger partial charge in [-0.15, -0.1) is 22.0 Å². The predicted molar refractivity (Wildman–Crippen MR) is 84.4 cm³/mol. The zero-order valence-corrected chi connectivity index (χ0v) is 16.6. The Morgan fingerprint density at radius 2 is 2.24 bits per heavy atom. The minimum atomic E-state index is -0.137. The molecule has 0 unspecified atom stereocenters. The van der Waals surface area contributed by atoms with Crippen molar-refractivity contribution in [1.29, 1.82) is 0 Å². The fourth-order valence-electron chi connectivity index (χ4n) is 1.74. The first kappa shape index (κ1) is 18.6. The van der Waals surface area contributed by atoms with Crippen molar-refractivity contribution in [2.75, 3.05) is 6.61 Å². The molecule has 0 bridgehead atoms. The van der Waals surface area contributed by atoms with Gasteiger partial charge in [-0.1, -0.05) is 35.5 Å². The summed E-state index contributed by atoms with van der Waals surface area (Å²) in [5.74, 6) is 0.653. The SMILES string of the molecule is C=CCOc1ccc(-c2[c-]cc(Br)c(=O)n2C)c(Cl)c1.[Y]. The van der Waals surface area contributed by atoms with Crippen LogP contribution in [0.4, 0.5) is 0 Å². The number of halogens is 2. The Balaban J connectivity index is 0.00000220. The second kappa shape index (κ2) is 8.28. The zero-order valence-electron chi connectivity index (χ0n) is 11.4. The number of pyridine rings is 1. The zero-order chi connectivity index (χ0) is 14.7. The second-order valence-electron chi connectivity index (χ2n) is 4.09. The van der Waals surface area contributed by atoms with Gasteiger partial charge in [0.15, 0.2) is 0 Å². The van der Waals surface area contributed by atoms with Crippen LogP contribution in [-0.4, -0.2) is 11.2 Å². The van der Waals surface area contributed by atoms with Crippen LogP contribution in [0, 0.1) is 6.07 Å². The van der Waals surface area contributed by atoms with Crippen molar-refractivity contribution in [1.82, 2.24) is 4.57 Å². The van der Waals surface area contributed by atoms with Crippen LogP contribution >= 0.6 is 27.5 Å². The number of rotatable bonds is 4. The van der Waals surface area contributed by atoms with Crippen LogP contribution in [0.25, 0.3) is 11.3 Å². The van der Waals surface area contributed by atoms with Crippen molar-refractivity contribution in [3.63, 3.8) is 0 Å². The molecule has 0 aliphatic rings. The molecule has 0 saturated carbocycles. The molecule has 0 N–H and O–H groups in total. The van der Waals surface area contributed by atoms with E-state index in [4.69, 9.17) is 16.3 Å². The molecule has 0 spiro atoms. The summed E-state index contributed by atoms with van der Waals surface area (Å²) < 4.78 is 7.37. The molecule has 2 rings (SSSR count). The molecule has 0 aliphatic carbocycles. The van der Waals surface area contributed by atoms with E-state index in [1.165, 1.54) is 4.57 Å². The Morgan fingerprint density at radius 1 is 1.52 bits per heavy atom. The quantitative estimate of drug-likeness (QED) is 0.532. The molecule has 0 amide bonds. The maximum atomic E-state index is 11.9. The molecule has 6 heteroatoms. The van der Waals surface area contributed by atoms with E-state index < -0.39 is 0 Å². The molecule has 0 atom stereocenters. The van der Waals surface area contributed by atoms with E-state index in [0.29, 0.717) is 27.5 Å². The van der Waals surface area contributed by atoms with E-state index in [0.717, 1.165) is 5.56 Å². The first-order valence-corrected chi connectivity index (χ1v) is 7.02. The van der Waals surface area contributed by atoms with E-state index in [1.54, 1.807) is 37.4 Å². The van der Waals surface area contributed by atoms with Crippen molar-refractivity contribution >= 4 is 27.5 Å². The molecule has 21 heavy (non-hydrogen) atoms. The Labute approximate surface area is 162 Å². The topological polar surface area (TPSA) is 31.2 Å². The molecule has 107 valence electrons. The summed E-state index contributed by atoms with van der Waals surface area (Å²) >= 11 is 9.44. The first-order valence-electron chi connectivity index (χ1n) is 5.85. The minimum absolute atomic E-state index is 0. The summed E-state index contributed by atoms with van der Waals surface area (Å²) in [5, 5.41) is 0.500. The fourth-order valence-corrected chi connectivity index (χ4v) is 2.38. The summed E-state index contributed by atoms with van der Waals surface area (Å²) in [4.78, 5) is 11.9. The van der Waals surface area contributed by atoms with Gasteiger partial charge in [-0.25, -0.2) is 0 Å². The summed E-state index contributed by atoms with van der Waals surface area (Å²) in [5.41, 5.74) is 1.21. The Morgan fingerprint density at radius 3 is 2.86 bits per heavy atom. The molecular weight excluding hydrogens is 430 g/mol. The Kier molecular flexibility index (Phi) is 7.34. The van der Waals surface area contributed by atoms with Gasteiger partial charge < -0.3 is 9.30 Å². The number of hydrogen-bond acceptors (Lipinski definition) is 2. The summed E-state index contributed by atoms with van der Waals surface area (Å²) in [7, 11) is 1.68. The number of ether oxygens (including phenoxy) is 1. The van der Waals surface area contributed by atoms with Crippen LogP contribution < -0.4 is 10.3 Å². The van der Waals surface area contributed by atoms with Gasteiger partial charge in [0.25, 0.3) is 0 Å². The molecule has 2 aromatic rings. The van der Waals surface area contributed by atoms with Crippen LogP contribution in [0.3, 0.4) is 0 Å². The van der Waals surface area contributed by atoms with Crippen molar-refractivity contribution in [3.05, 3.63) is 62.8 Å². The normalized spacial score (nSPS) is 9.86. The molecular formula is C15H12BrClNO2Y-. The van der Waals surface area contributed by atoms with Crippen LogP contribution in [0.1, 0.15) is 0 Å². The van der Waals surface area contributed by atoms with Gasteiger partial charge in [-0.3, -0.25) is 4.79 Å². The molecule has 1 radical (unpaired) electrons. The maximum absolute atomic E-state index is 11.9. The van der Waals surface area contributed by atoms with Crippen LogP contribution in [0.5, 0.6) is 5.75 Å². The van der Waals surface area contributed by atoms with E-state index in [9.17, 15) is 4.79 Å². The van der Waals surface area contributed by atoms with E-state index in [1.807, 2.05) is 0 Å². The number of hydrogen-bond donors (Lipinski definition) is 0. The van der Waals surface area contributed by atoms with Gasteiger partial charge in [0.1, 0.15) is 12.4 Å². The number of aromatic nitrogens is 1. The van der Waals surface area contributed by atoms with E-state index in [2.05, 4.69) is 28.6 Å². The molecule has 3 nitrogen and oxygen atoms in total. The fraction of sp³-hybridized carbons (Fsp3) is 0.133. The summed E-state index contributed by atoms with van der Waals surface area (Å²) in [6, 6.07) is 9.94. The smallest absolute Gasteiger partial charge is 0.208 e. The largest absolute Gasteiger partial charge is 0.490 e. The van der Waals surface area contributed by atoms with Crippen molar-refractivity contribution in [2.24, 2.45) is 7.05 Å². The van der Waals surface area contributed by atoms with Gasteiger partial charge in [0.2, 0.25) is 5.56 Å². The van der Waals surface area contributed by atoms with Gasteiger partial charge in [-0.2, -0.15) is 12.1 Å². The van der Waals surface area contributed by atoms with Crippen LogP contribution in [0.2, 0.25) is 5.02 Å². The third-order valence-corrected chi connectivity index (χ3v) is 3.62. The van der Waals surface area contributed by atoms with Crippen molar-refractivity contribution < 1.29 is 37.4 Å². The maximum Gasteiger partial charge on any atom is 0.208 e. The average molecular weight is 443 g/mol. The first-order chi connectivity index (χ1) is 9.54. The van der Waals surface area contributed by atoms with Gasteiger partial charge >= 0.3 is 0 Å². The molecule has 0 fully saturated rings. The van der Waals surface area contributed by atoms with Gasteiger partial charge in [0, 0.05) is 39.8 Å².